The van der Waals surface area contributed by atoms with Gasteiger partial charge in [-0.2, -0.15) is 18.2 Å². The molecule has 1 fully saturated rings. The van der Waals surface area contributed by atoms with Crippen LogP contribution in [0.2, 0.25) is 0 Å². The Bertz CT molecular complexity index is 1540. The number of methoxy groups -OCH3 is 2. The van der Waals surface area contributed by atoms with Gasteiger partial charge < -0.3 is 35.2 Å². The SMILES string of the molecule is COCCCN(C)C1CCN(c2ccc(Nc3ncc(C(F)(F)F)c(NCc4cccc5c4C(C)(C)C(=O)N5)n3)c(OC)c2)CC1. The zero-order valence-electron chi connectivity index (χ0n) is 26.9. The van der Waals surface area contributed by atoms with Crippen LogP contribution in [0.4, 0.5) is 42.0 Å². The van der Waals surface area contributed by atoms with E-state index in [-0.39, 0.29) is 24.2 Å². The molecule has 0 radical (unpaired) electrons. The number of carbonyl (C=O) groups excluding carboxylic acids is 1. The number of nitrogens with zero attached hydrogens (tertiary/aromatic N) is 4. The molecular formula is C33H42F3N7O3. The Kier molecular flexibility index (Phi) is 9.92. The second-order valence-electron chi connectivity index (χ2n) is 12.3. The summed E-state index contributed by atoms with van der Waals surface area (Å²) in [5.74, 6) is -0.0311. The fourth-order valence-corrected chi connectivity index (χ4v) is 6.25. The lowest BCUT2D eigenvalue weighted by Crippen LogP contribution is -2.43. The molecule has 13 heteroatoms. The predicted molar refractivity (Wildman–Crippen MR) is 173 cm³/mol. The summed E-state index contributed by atoms with van der Waals surface area (Å²) < 4.78 is 52.8. The lowest BCUT2D eigenvalue weighted by molar-refractivity contribution is -0.137. The monoisotopic (exact) mass is 641 g/mol. The number of halogens is 3. The van der Waals surface area contributed by atoms with Crippen LogP contribution < -0.4 is 25.6 Å². The van der Waals surface area contributed by atoms with Crippen LogP contribution in [0.25, 0.3) is 0 Å². The van der Waals surface area contributed by atoms with Gasteiger partial charge in [0, 0.05) is 69.6 Å². The van der Waals surface area contributed by atoms with Crippen LogP contribution in [0, 0.1) is 0 Å². The van der Waals surface area contributed by atoms with Gasteiger partial charge in [0.1, 0.15) is 17.1 Å². The number of anilines is 5. The number of hydrogen-bond acceptors (Lipinski definition) is 9. The maximum atomic E-state index is 14.0. The Morgan fingerprint density at radius 3 is 2.61 bits per heavy atom. The van der Waals surface area contributed by atoms with Crippen molar-refractivity contribution in [3.8, 4) is 5.75 Å². The molecule has 1 aromatic heterocycles. The van der Waals surface area contributed by atoms with Gasteiger partial charge in [0.25, 0.3) is 0 Å². The molecule has 5 rings (SSSR count). The molecule has 0 saturated carbocycles. The largest absolute Gasteiger partial charge is 0.494 e. The molecule has 0 unspecified atom stereocenters. The highest BCUT2D eigenvalue weighted by Crippen LogP contribution is 2.41. The summed E-state index contributed by atoms with van der Waals surface area (Å²) in [7, 11) is 5.43. The number of benzene rings is 2. The molecule has 3 aromatic rings. The smallest absolute Gasteiger partial charge is 0.421 e. The van der Waals surface area contributed by atoms with Crippen molar-refractivity contribution >= 4 is 34.7 Å². The molecule has 2 aromatic carbocycles. The van der Waals surface area contributed by atoms with Crippen LogP contribution in [0.5, 0.6) is 5.75 Å². The average Bonchev–Trinajstić information content (AvgIpc) is 3.27. The first-order valence-corrected chi connectivity index (χ1v) is 15.4. The molecule has 0 aliphatic carbocycles. The molecule has 1 amide bonds. The van der Waals surface area contributed by atoms with Gasteiger partial charge in [0.05, 0.1) is 18.2 Å². The maximum Gasteiger partial charge on any atom is 0.421 e. The summed E-state index contributed by atoms with van der Waals surface area (Å²) >= 11 is 0. The molecule has 2 aliphatic heterocycles. The van der Waals surface area contributed by atoms with Crippen molar-refractivity contribution in [3.63, 3.8) is 0 Å². The maximum absolute atomic E-state index is 14.0. The first-order valence-electron chi connectivity index (χ1n) is 15.4. The first kappa shape index (κ1) is 33.3. The molecule has 0 atom stereocenters. The summed E-state index contributed by atoms with van der Waals surface area (Å²) in [5.41, 5.74) is 1.81. The molecule has 3 N–H and O–H groups in total. The van der Waals surface area contributed by atoms with E-state index in [2.05, 4.69) is 42.8 Å². The van der Waals surface area contributed by atoms with Gasteiger partial charge in [0.15, 0.2) is 0 Å². The zero-order valence-corrected chi connectivity index (χ0v) is 26.9. The number of aromatic nitrogens is 2. The lowest BCUT2D eigenvalue weighted by atomic mass is 9.83. The number of nitrogens with one attached hydrogen (secondary N) is 3. The van der Waals surface area contributed by atoms with E-state index < -0.39 is 17.2 Å². The quantitative estimate of drug-likeness (QED) is 0.205. The number of piperidine rings is 1. The van der Waals surface area contributed by atoms with E-state index in [1.54, 1.807) is 46.3 Å². The van der Waals surface area contributed by atoms with Crippen molar-refractivity contribution in [2.45, 2.75) is 57.3 Å². The molecular weight excluding hydrogens is 599 g/mol. The van der Waals surface area contributed by atoms with E-state index in [9.17, 15) is 18.0 Å². The van der Waals surface area contributed by atoms with Gasteiger partial charge in [-0.3, -0.25) is 4.79 Å². The average molecular weight is 642 g/mol. The number of hydrogen-bond donors (Lipinski definition) is 3. The van der Waals surface area contributed by atoms with Crippen LogP contribution in [0.1, 0.15) is 49.8 Å². The van der Waals surface area contributed by atoms with Crippen molar-refractivity contribution in [2.75, 3.05) is 68.4 Å². The lowest BCUT2D eigenvalue weighted by Gasteiger charge is -2.38. The van der Waals surface area contributed by atoms with Gasteiger partial charge in [0.2, 0.25) is 11.9 Å². The normalized spacial score (nSPS) is 16.4. The Balaban J connectivity index is 1.30. The molecule has 2 aliphatic rings. The molecule has 46 heavy (non-hydrogen) atoms. The highest BCUT2D eigenvalue weighted by atomic mass is 19.4. The predicted octanol–water partition coefficient (Wildman–Crippen LogP) is 6.03. The van der Waals surface area contributed by atoms with Gasteiger partial charge in [-0.05, 0) is 69.5 Å². The molecule has 0 spiro atoms. The Morgan fingerprint density at radius 1 is 1.15 bits per heavy atom. The highest BCUT2D eigenvalue weighted by molar-refractivity contribution is 6.06. The summed E-state index contributed by atoms with van der Waals surface area (Å²) in [6.07, 6.45) is -0.832. The summed E-state index contributed by atoms with van der Waals surface area (Å²) in [6, 6.07) is 11.6. The van der Waals surface area contributed by atoms with E-state index in [4.69, 9.17) is 9.47 Å². The number of alkyl halides is 3. The van der Waals surface area contributed by atoms with E-state index in [1.165, 1.54) is 0 Å². The second kappa shape index (κ2) is 13.7. The number of carbonyl (C=O) groups is 1. The fourth-order valence-electron chi connectivity index (χ4n) is 6.25. The van der Waals surface area contributed by atoms with Gasteiger partial charge in [-0.25, -0.2) is 4.98 Å². The van der Waals surface area contributed by atoms with Crippen molar-refractivity contribution in [1.29, 1.82) is 0 Å². The van der Waals surface area contributed by atoms with Crippen LogP contribution in [-0.2, 0) is 27.7 Å². The number of amides is 1. The number of ether oxygens (including phenoxy) is 2. The van der Waals surface area contributed by atoms with E-state index in [0.717, 1.165) is 63.0 Å². The number of fused-ring (bicyclic) bond motifs is 1. The van der Waals surface area contributed by atoms with Crippen molar-refractivity contribution < 1.29 is 27.4 Å². The topological polar surface area (TPSA) is 104 Å². The summed E-state index contributed by atoms with van der Waals surface area (Å²) in [5, 5.41) is 8.73. The summed E-state index contributed by atoms with van der Waals surface area (Å²) in [6.45, 7) is 7.16. The minimum atomic E-state index is -4.68. The van der Waals surface area contributed by atoms with Crippen molar-refractivity contribution in [3.05, 3.63) is 59.3 Å². The Morgan fingerprint density at radius 2 is 1.91 bits per heavy atom. The number of rotatable bonds is 12. The Labute approximate surface area is 267 Å². The van der Waals surface area contributed by atoms with Crippen molar-refractivity contribution in [1.82, 2.24) is 14.9 Å². The molecule has 248 valence electrons. The molecule has 1 saturated heterocycles. The third-order valence-electron chi connectivity index (χ3n) is 8.88. The van der Waals surface area contributed by atoms with E-state index in [1.807, 2.05) is 18.2 Å². The minimum absolute atomic E-state index is 0.0191. The summed E-state index contributed by atoms with van der Waals surface area (Å²) in [4.78, 5) is 25.4. The molecule has 3 heterocycles. The van der Waals surface area contributed by atoms with Crippen LogP contribution in [0.15, 0.2) is 42.6 Å². The minimum Gasteiger partial charge on any atom is -0.494 e. The van der Waals surface area contributed by atoms with Gasteiger partial charge >= 0.3 is 6.18 Å². The van der Waals surface area contributed by atoms with Crippen LogP contribution in [-0.4, -0.2) is 74.3 Å². The van der Waals surface area contributed by atoms with Crippen LogP contribution >= 0.6 is 0 Å². The highest BCUT2D eigenvalue weighted by Gasteiger charge is 2.40. The Hall–Kier alpha value is -4.10. The van der Waals surface area contributed by atoms with E-state index in [0.29, 0.717) is 28.7 Å². The van der Waals surface area contributed by atoms with Crippen molar-refractivity contribution in [2.24, 2.45) is 0 Å². The van der Waals surface area contributed by atoms with E-state index >= 15 is 0 Å². The standard InChI is InChI=1S/C33H42F3N7O3/c1-32(2)28-21(8-6-9-26(28)39-30(32)44)19-37-29-24(33(34,35)36)20-38-31(41-29)40-25-11-10-23(18-27(25)46-5)43-15-12-22(13-16-43)42(3)14-7-17-45-4/h6,8-11,18,20,22H,7,12-17,19H2,1-5H3,(H,39,44)(H2,37,38,40,41). The third kappa shape index (κ3) is 7.15. The van der Waals surface area contributed by atoms with Gasteiger partial charge in [-0.15, -0.1) is 0 Å². The third-order valence-corrected chi connectivity index (χ3v) is 8.88. The second-order valence-corrected chi connectivity index (χ2v) is 12.3. The van der Waals surface area contributed by atoms with Crippen LogP contribution in [0.3, 0.4) is 0 Å². The fraction of sp³-hybridized carbons (Fsp3) is 0.485. The molecule has 0 bridgehead atoms. The molecule has 10 nitrogen and oxygen atoms in total. The van der Waals surface area contributed by atoms with Gasteiger partial charge in [-0.1, -0.05) is 12.1 Å². The zero-order chi connectivity index (χ0) is 33.1. The first-order chi connectivity index (χ1) is 21.9.